The fraction of sp³-hybridized carbons (Fsp3) is 0.273. The number of carbonyl (C=O) groups excluding carboxylic acids is 1. The first-order valence-corrected chi connectivity index (χ1v) is 10.9. The molecule has 0 aliphatic carbocycles. The first-order valence-electron chi connectivity index (χ1n) is 9.23. The van der Waals surface area contributed by atoms with Crippen molar-refractivity contribution in [3.63, 3.8) is 0 Å². The average molecular weight is 459 g/mol. The predicted molar refractivity (Wildman–Crippen MR) is 119 cm³/mol. The van der Waals surface area contributed by atoms with Gasteiger partial charge in [-0.1, -0.05) is 61.0 Å². The van der Waals surface area contributed by atoms with E-state index in [0.29, 0.717) is 11.0 Å². The van der Waals surface area contributed by atoms with Crippen molar-refractivity contribution in [3.8, 4) is 17.0 Å². The van der Waals surface area contributed by atoms with E-state index in [1.165, 1.54) is 16.9 Å². The van der Waals surface area contributed by atoms with E-state index in [1.54, 1.807) is 0 Å². The van der Waals surface area contributed by atoms with Crippen LogP contribution < -0.4 is 10.1 Å². The molecule has 1 N–H and O–H groups in total. The van der Waals surface area contributed by atoms with Gasteiger partial charge in [-0.3, -0.25) is 10.1 Å². The van der Waals surface area contributed by atoms with Crippen LogP contribution in [-0.2, 0) is 11.2 Å². The molecule has 0 aliphatic rings. The van der Waals surface area contributed by atoms with Crippen LogP contribution in [0.3, 0.4) is 0 Å². The van der Waals surface area contributed by atoms with Gasteiger partial charge in [0.15, 0.2) is 11.7 Å². The summed E-state index contributed by atoms with van der Waals surface area (Å²) in [5.41, 5.74) is 4.26. The van der Waals surface area contributed by atoms with E-state index in [4.69, 9.17) is 4.74 Å². The van der Waals surface area contributed by atoms with Crippen molar-refractivity contribution in [1.29, 1.82) is 0 Å². The largest absolute Gasteiger partial charge is 0.483 e. The molecule has 3 aromatic rings. The van der Waals surface area contributed by atoms with E-state index < -0.39 is 0 Å². The minimum Gasteiger partial charge on any atom is -0.483 e. The molecule has 0 unspecified atom stereocenters. The van der Waals surface area contributed by atoms with Crippen molar-refractivity contribution in [2.75, 3.05) is 11.9 Å². The van der Waals surface area contributed by atoms with Crippen LogP contribution in [0, 0.1) is 0 Å². The zero-order valence-electron chi connectivity index (χ0n) is 16.2. The smallest absolute Gasteiger partial charge is 0.264 e. The standard InChI is InChI=1S/C22H23BrN2O2S/c1-4-15-5-7-16(8-6-15)19-13-28-22(24-19)25-21(26)12-27-20-10-9-17(23)11-18(20)14(2)3/h5-11,13-14H,4,12H2,1-3H3,(H,24,25,26). The fourth-order valence-corrected chi connectivity index (χ4v) is 3.89. The Labute approximate surface area is 178 Å². The zero-order chi connectivity index (χ0) is 20.1. The van der Waals surface area contributed by atoms with Crippen LogP contribution >= 0.6 is 27.3 Å². The first kappa shape index (κ1) is 20.6. The summed E-state index contributed by atoms with van der Waals surface area (Å²) in [5.74, 6) is 0.806. The SMILES string of the molecule is CCc1ccc(-c2csc(NC(=O)COc3ccc(Br)cc3C(C)C)n2)cc1. The third kappa shape index (κ3) is 5.20. The number of benzene rings is 2. The lowest BCUT2D eigenvalue weighted by atomic mass is 10.0. The summed E-state index contributed by atoms with van der Waals surface area (Å²) in [5, 5.41) is 5.34. The molecule has 146 valence electrons. The maximum atomic E-state index is 12.3. The average Bonchev–Trinajstić information content (AvgIpc) is 3.15. The molecule has 0 radical (unpaired) electrons. The van der Waals surface area contributed by atoms with Gasteiger partial charge in [0.05, 0.1) is 5.69 Å². The number of aryl methyl sites for hydroxylation is 1. The number of halogens is 1. The number of amides is 1. The molecule has 28 heavy (non-hydrogen) atoms. The minimum absolute atomic E-state index is 0.0541. The quantitative estimate of drug-likeness (QED) is 0.453. The Hall–Kier alpha value is -2.18. The number of thiazole rings is 1. The van der Waals surface area contributed by atoms with E-state index in [9.17, 15) is 4.79 Å². The summed E-state index contributed by atoms with van der Waals surface area (Å²) in [4.78, 5) is 16.8. The molecule has 0 saturated heterocycles. The lowest BCUT2D eigenvalue weighted by Crippen LogP contribution is -2.20. The Bertz CT molecular complexity index is 951. The second-order valence-corrected chi connectivity index (χ2v) is 8.54. The lowest BCUT2D eigenvalue weighted by molar-refractivity contribution is -0.118. The normalized spacial score (nSPS) is 10.9. The first-order chi connectivity index (χ1) is 13.5. The van der Waals surface area contributed by atoms with Crippen molar-refractivity contribution >= 4 is 38.3 Å². The number of anilines is 1. The van der Waals surface area contributed by atoms with Crippen molar-refractivity contribution in [1.82, 2.24) is 4.98 Å². The number of nitrogens with zero attached hydrogens (tertiary/aromatic N) is 1. The molecular formula is C22H23BrN2O2S. The Balaban J connectivity index is 1.61. The number of rotatable bonds is 7. The molecule has 1 amide bonds. The summed E-state index contributed by atoms with van der Waals surface area (Å²) in [6.45, 7) is 6.27. The molecule has 2 aromatic carbocycles. The van der Waals surface area contributed by atoms with Crippen molar-refractivity contribution < 1.29 is 9.53 Å². The van der Waals surface area contributed by atoms with Gasteiger partial charge in [0.1, 0.15) is 5.75 Å². The van der Waals surface area contributed by atoms with Crippen LogP contribution in [-0.4, -0.2) is 17.5 Å². The van der Waals surface area contributed by atoms with E-state index in [-0.39, 0.29) is 12.5 Å². The molecule has 1 heterocycles. The molecule has 1 aromatic heterocycles. The van der Waals surface area contributed by atoms with E-state index >= 15 is 0 Å². The molecule has 0 atom stereocenters. The summed E-state index contributed by atoms with van der Waals surface area (Å²) in [6.07, 6.45) is 1.01. The van der Waals surface area contributed by atoms with Gasteiger partial charge >= 0.3 is 0 Å². The second-order valence-electron chi connectivity index (χ2n) is 6.76. The van der Waals surface area contributed by atoms with Gasteiger partial charge in [-0.25, -0.2) is 4.98 Å². The Morgan fingerprint density at radius 1 is 1.21 bits per heavy atom. The highest BCUT2D eigenvalue weighted by Gasteiger charge is 2.12. The summed E-state index contributed by atoms with van der Waals surface area (Å²) in [6, 6.07) is 14.1. The molecular weight excluding hydrogens is 436 g/mol. The van der Waals surface area contributed by atoms with Crippen LogP contribution in [0.1, 0.15) is 37.8 Å². The van der Waals surface area contributed by atoms with Gasteiger partial charge in [-0.15, -0.1) is 11.3 Å². The highest BCUT2D eigenvalue weighted by Crippen LogP contribution is 2.30. The number of ether oxygens (including phenoxy) is 1. The minimum atomic E-state index is -0.222. The molecule has 0 fully saturated rings. The molecule has 3 rings (SSSR count). The van der Waals surface area contributed by atoms with Crippen LogP contribution in [0.15, 0.2) is 52.3 Å². The van der Waals surface area contributed by atoms with Gasteiger partial charge in [-0.2, -0.15) is 0 Å². The van der Waals surface area contributed by atoms with E-state index in [1.807, 2.05) is 23.6 Å². The number of hydrogen-bond acceptors (Lipinski definition) is 4. The maximum Gasteiger partial charge on any atom is 0.264 e. The molecule has 4 nitrogen and oxygen atoms in total. The summed E-state index contributed by atoms with van der Waals surface area (Å²) < 4.78 is 6.74. The number of hydrogen-bond donors (Lipinski definition) is 1. The van der Waals surface area contributed by atoms with Gasteiger partial charge in [0.2, 0.25) is 0 Å². The molecule has 0 bridgehead atoms. The molecule has 0 aliphatic heterocycles. The summed E-state index contributed by atoms with van der Waals surface area (Å²) in [7, 11) is 0. The van der Waals surface area contributed by atoms with Crippen molar-refractivity contribution in [2.24, 2.45) is 0 Å². The summed E-state index contributed by atoms with van der Waals surface area (Å²) >= 11 is 4.89. The number of carbonyl (C=O) groups is 1. The van der Waals surface area contributed by atoms with Gasteiger partial charge < -0.3 is 4.74 Å². The Morgan fingerprint density at radius 2 is 1.96 bits per heavy atom. The lowest BCUT2D eigenvalue weighted by Gasteiger charge is -2.14. The van der Waals surface area contributed by atoms with Gasteiger partial charge in [0, 0.05) is 15.4 Å². The Morgan fingerprint density at radius 3 is 2.64 bits per heavy atom. The van der Waals surface area contributed by atoms with Crippen LogP contribution in [0.4, 0.5) is 5.13 Å². The topological polar surface area (TPSA) is 51.2 Å². The number of nitrogens with one attached hydrogen (secondary N) is 1. The van der Waals surface area contributed by atoms with E-state index in [2.05, 4.69) is 71.3 Å². The van der Waals surface area contributed by atoms with Crippen LogP contribution in [0.5, 0.6) is 5.75 Å². The van der Waals surface area contributed by atoms with Gasteiger partial charge in [-0.05, 0) is 41.7 Å². The highest BCUT2D eigenvalue weighted by molar-refractivity contribution is 9.10. The predicted octanol–water partition coefficient (Wildman–Crippen LogP) is 6.28. The maximum absolute atomic E-state index is 12.3. The van der Waals surface area contributed by atoms with Crippen molar-refractivity contribution in [2.45, 2.75) is 33.1 Å². The zero-order valence-corrected chi connectivity index (χ0v) is 18.6. The molecule has 6 heteroatoms. The van der Waals surface area contributed by atoms with Crippen molar-refractivity contribution in [3.05, 3.63) is 63.4 Å². The monoisotopic (exact) mass is 458 g/mol. The second kappa shape index (κ2) is 9.34. The molecule has 0 spiro atoms. The third-order valence-electron chi connectivity index (χ3n) is 4.36. The molecule has 0 saturated carbocycles. The third-order valence-corrected chi connectivity index (χ3v) is 5.61. The number of aromatic nitrogens is 1. The fourth-order valence-electron chi connectivity index (χ4n) is 2.78. The van der Waals surface area contributed by atoms with Crippen LogP contribution in [0.2, 0.25) is 0 Å². The Kier molecular flexibility index (Phi) is 6.86. The van der Waals surface area contributed by atoms with Crippen LogP contribution in [0.25, 0.3) is 11.3 Å². The van der Waals surface area contributed by atoms with E-state index in [0.717, 1.165) is 33.5 Å². The highest BCUT2D eigenvalue weighted by atomic mass is 79.9. The van der Waals surface area contributed by atoms with Gasteiger partial charge in [0.25, 0.3) is 5.91 Å².